The van der Waals surface area contributed by atoms with Crippen LogP contribution in [-0.4, -0.2) is 137 Å². The van der Waals surface area contributed by atoms with E-state index in [-0.39, 0.29) is 57.2 Å². The van der Waals surface area contributed by atoms with Gasteiger partial charge in [-0.25, -0.2) is 16.8 Å². The Bertz CT molecular complexity index is 3110. The van der Waals surface area contributed by atoms with Crippen molar-refractivity contribution in [1.82, 2.24) is 28.4 Å². The van der Waals surface area contributed by atoms with Crippen molar-refractivity contribution in [1.29, 1.82) is 0 Å². The molecule has 2 aromatic carbocycles. The lowest BCUT2D eigenvalue weighted by molar-refractivity contribution is -0.139. The van der Waals surface area contributed by atoms with Gasteiger partial charge >= 0.3 is 0 Å². The number of aliphatic hydroxyl groups is 2. The maximum Gasteiger partial charge on any atom is 0.253 e. The third-order valence-electron chi connectivity index (χ3n) is 16.3. The van der Waals surface area contributed by atoms with E-state index in [0.29, 0.717) is 50.7 Å². The number of hydrogen-bond donors (Lipinski definition) is 4. The van der Waals surface area contributed by atoms with Gasteiger partial charge in [0.2, 0.25) is 20.0 Å². The summed E-state index contributed by atoms with van der Waals surface area (Å²) in [6.07, 6.45) is 19.2. The third kappa shape index (κ3) is 11.8. The molecule has 0 unspecified atom stereocenters. The maximum absolute atomic E-state index is 13.1. The van der Waals surface area contributed by atoms with Crippen LogP contribution < -0.4 is 10.6 Å². The van der Waals surface area contributed by atoms with Gasteiger partial charge in [0.05, 0.1) is 32.4 Å². The second-order valence-corrected chi connectivity index (χ2v) is 25.6. The highest BCUT2D eigenvalue weighted by Crippen LogP contribution is 2.37. The molecule has 18 nitrogen and oxygen atoms in total. The van der Waals surface area contributed by atoms with Crippen molar-refractivity contribution in [3.8, 4) is 0 Å². The van der Waals surface area contributed by atoms with E-state index in [1.54, 1.807) is 12.2 Å². The molecule has 0 bridgehead atoms. The van der Waals surface area contributed by atoms with Gasteiger partial charge in [0, 0.05) is 83.0 Å². The van der Waals surface area contributed by atoms with Gasteiger partial charge in [0.25, 0.3) is 11.8 Å². The normalized spacial score (nSPS) is 24.3. The highest BCUT2D eigenvalue weighted by molar-refractivity contribution is 7.92. The van der Waals surface area contributed by atoms with Crippen LogP contribution in [0.2, 0.25) is 0 Å². The predicted molar refractivity (Wildman–Crippen MR) is 289 cm³/mol. The first kappa shape index (κ1) is 53.3. The summed E-state index contributed by atoms with van der Waals surface area (Å²) in [6.45, 7) is 6.15. The standard InChI is InChI=1S/C29H38N4O5S.C26H34N4O5S/c1-28(2)37-20-24(38-28)19-32-14-10-23-18-21(8-9-25(23)32)11-17-39(35,36)33-15-12-29(13-16-33)27(34)30-26(31-29)22-6-4-3-5-7-22;31-18-22(32)17-29-12-8-21-16-19(6-7-23(21)29)9-15-36(34,35)30-13-10-26(11-14-30)25(33)27-24(28-26)20-4-2-1-3-5-20/h8-11,14,17-18,22,24H,3-7,12-13,15-16,19-20H2,1-2H3,(H,30,31,34);6-9,12,15-16,20,22,31-32H,1-5,10-11,13-14,17-18H2,(H,27,28,33)/b17-11+;15-9+/t24-;22-/m00/s1. The lowest BCUT2D eigenvalue weighted by atomic mass is 9.88. The molecule has 2 saturated carbocycles. The fourth-order valence-electron chi connectivity index (χ4n) is 11.9. The van der Waals surface area contributed by atoms with Gasteiger partial charge in [-0.2, -0.15) is 8.61 Å². The summed E-state index contributed by atoms with van der Waals surface area (Å²) in [5.41, 5.74) is 1.88. The lowest BCUT2D eigenvalue weighted by Crippen LogP contribution is -2.50. The van der Waals surface area contributed by atoms with Crippen LogP contribution in [0.15, 0.2) is 81.7 Å². The van der Waals surface area contributed by atoms with Crippen LogP contribution in [0.4, 0.5) is 0 Å². The van der Waals surface area contributed by atoms with Crippen molar-refractivity contribution < 1.29 is 46.1 Å². The molecule has 7 aliphatic rings. The molecule has 3 saturated heterocycles. The molecular formula is C55H72N8O10S2. The van der Waals surface area contributed by atoms with Crippen LogP contribution in [0.5, 0.6) is 0 Å². The highest BCUT2D eigenvalue weighted by Gasteiger charge is 2.49. The van der Waals surface area contributed by atoms with Crippen LogP contribution in [0, 0.1) is 11.8 Å². The average Bonchev–Trinajstić information content (AvgIpc) is 4.24. The van der Waals surface area contributed by atoms with E-state index < -0.39 is 43.0 Å². The first-order valence-corrected chi connectivity index (χ1v) is 29.9. The zero-order chi connectivity index (χ0) is 52.6. The van der Waals surface area contributed by atoms with Gasteiger partial charge in [-0.05, 0) is 125 Å². The van der Waals surface area contributed by atoms with E-state index in [0.717, 1.165) is 83.1 Å². The van der Waals surface area contributed by atoms with Crippen molar-refractivity contribution in [2.24, 2.45) is 21.8 Å². The number of benzene rings is 2. The number of nitrogens with zero attached hydrogens (tertiary/aromatic N) is 6. The molecule has 2 spiro atoms. The first-order valence-electron chi connectivity index (χ1n) is 26.9. The molecule has 4 N–H and O–H groups in total. The number of sulfonamides is 2. The third-order valence-corrected chi connectivity index (χ3v) is 19.5. The van der Waals surface area contributed by atoms with E-state index in [1.807, 2.05) is 79.3 Å². The minimum atomic E-state index is -3.64. The van der Waals surface area contributed by atoms with Gasteiger partial charge < -0.3 is 39.5 Å². The molecule has 2 atom stereocenters. The maximum atomic E-state index is 13.1. The Hall–Kier alpha value is -5.06. The van der Waals surface area contributed by atoms with E-state index in [1.165, 1.54) is 45.1 Å². The quantitative estimate of drug-likeness (QED) is 0.117. The molecule has 404 valence electrons. The van der Waals surface area contributed by atoms with Gasteiger partial charge in [0.1, 0.15) is 28.9 Å². The fraction of sp³-hybridized carbons (Fsp3) is 0.564. The topological polar surface area (TPSA) is 226 Å². The van der Waals surface area contributed by atoms with Crippen LogP contribution >= 0.6 is 0 Å². The highest BCUT2D eigenvalue weighted by atomic mass is 32.2. The van der Waals surface area contributed by atoms with E-state index in [4.69, 9.17) is 24.6 Å². The fourth-order valence-corrected chi connectivity index (χ4v) is 14.3. The second-order valence-electron chi connectivity index (χ2n) is 22.0. The number of aromatic nitrogens is 2. The monoisotopic (exact) mass is 1070 g/mol. The number of nitrogens with one attached hydrogen (secondary N) is 2. The zero-order valence-corrected chi connectivity index (χ0v) is 44.7. The minimum absolute atomic E-state index is 0.0103. The van der Waals surface area contributed by atoms with Gasteiger partial charge in [0.15, 0.2) is 5.79 Å². The van der Waals surface area contributed by atoms with E-state index in [2.05, 4.69) is 15.2 Å². The van der Waals surface area contributed by atoms with E-state index in [9.17, 15) is 31.5 Å². The molecule has 75 heavy (non-hydrogen) atoms. The second kappa shape index (κ2) is 21.8. The van der Waals surface area contributed by atoms with Gasteiger partial charge in [-0.3, -0.25) is 19.6 Å². The molecule has 5 fully saturated rings. The van der Waals surface area contributed by atoms with Crippen LogP contribution in [-0.2, 0) is 52.2 Å². The number of piperidine rings is 2. The van der Waals surface area contributed by atoms with Crippen LogP contribution in [0.1, 0.15) is 115 Å². The van der Waals surface area contributed by atoms with Crippen molar-refractivity contribution >= 4 is 77.5 Å². The predicted octanol–water partition coefficient (Wildman–Crippen LogP) is 6.27. The Morgan fingerprint density at radius 2 is 1.13 bits per heavy atom. The molecule has 2 aliphatic carbocycles. The van der Waals surface area contributed by atoms with Gasteiger partial charge in [-0.15, -0.1) is 0 Å². The molecule has 0 radical (unpaired) electrons. The number of hydrogen-bond acceptors (Lipinski definition) is 12. The molecule has 2 aromatic heterocycles. The summed E-state index contributed by atoms with van der Waals surface area (Å²) in [6, 6.07) is 15.4. The number of amidine groups is 2. The summed E-state index contributed by atoms with van der Waals surface area (Å²) in [4.78, 5) is 35.4. The number of aliphatic hydroxyl groups excluding tert-OH is 2. The number of aliphatic imine (C=N–C) groups is 2. The molecule has 4 aromatic rings. The van der Waals surface area contributed by atoms with Crippen LogP contribution in [0.25, 0.3) is 34.0 Å². The molecule has 11 rings (SSSR count). The molecular weight excluding hydrogens is 997 g/mol. The Morgan fingerprint density at radius 1 is 0.680 bits per heavy atom. The summed E-state index contributed by atoms with van der Waals surface area (Å²) < 4.78 is 70.8. The number of amides is 2. The molecule has 5 aliphatic heterocycles. The summed E-state index contributed by atoms with van der Waals surface area (Å²) in [5, 5.41) is 29.3. The Kier molecular flexibility index (Phi) is 15.5. The average molecular weight is 1070 g/mol. The summed E-state index contributed by atoms with van der Waals surface area (Å²) in [5.74, 6) is 1.59. The van der Waals surface area contributed by atoms with Crippen molar-refractivity contribution in [3.05, 3.63) is 82.9 Å². The zero-order valence-electron chi connectivity index (χ0n) is 43.1. The number of ether oxygens (including phenoxy) is 2. The Morgan fingerprint density at radius 3 is 1.57 bits per heavy atom. The van der Waals surface area contributed by atoms with Crippen molar-refractivity contribution in [2.45, 2.75) is 146 Å². The van der Waals surface area contributed by atoms with Gasteiger partial charge in [-0.1, -0.05) is 50.7 Å². The van der Waals surface area contributed by atoms with Crippen molar-refractivity contribution in [2.75, 3.05) is 39.4 Å². The largest absolute Gasteiger partial charge is 0.394 e. The summed E-state index contributed by atoms with van der Waals surface area (Å²) in [7, 11) is -7.26. The summed E-state index contributed by atoms with van der Waals surface area (Å²) >= 11 is 0. The van der Waals surface area contributed by atoms with Crippen molar-refractivity contribution in [3.63, 3.8) is 0 Å². The molecule has 20 heteroatoms. The number of rotatable bonds is 13. The lowest BCUT2D eigenvalue weighted by Gasteiger charge is -2.34. The first-order chi connectivity index (χ1) is 35.9. The SMILES string of the molecule is CC1(C)OC[C@H](Cn2ccc3cc(/C=C/S(=O)(=O)N4CCC5(CC4)N=C(C4CCCCC4)NC5=O)ccc32)O1.O=C1NC(C2CCCCC2)=NC12CCN(S(=O)(=O)/C=C/c1ccc3c(ccn3C[C@H](O)CO)c1)CC2. The van der Waals surface area contributed by atoms with Crippen LogP contribution in [0.3, 0.4) is 0 Å². The Labute approximate surface area is 440 Å². The number of carbonyl (C=O) groups is 2. The molecule has 2 amide bonds. The number of carbonyl (C=O) groups excluding carboxylic acids is 2. The Balaban J connectivity index is 0.000000172. The minimum Gasteiger partial charge on any atom is -0.394 e. The molecule has 7 heterocycles. The number of fused-ring (bicyclic) bond motifs is 2. The van der Waals surface area contributed by atoms with E-state index >= 15 is 0 Å². The smallest absolute Gasteiger partial charge is 0.253 e.